The fourth-order valence-electron chi connectivity index (χ4n) is 3.36. The number of amides is 2. The van der Waals surface area contributed by atoms with Crippen LogP contribution in [0.1, 0.15) is 38.5 Å². The molecule has 5 nitrogen and oxygen atoms in total. The van der Waals surface area contributed by atoms with Crippen LogP contribution >= 0.6 is 0 Å². The minimum atomic E-state index is -0.292. The molecule has 0 aromatic rings. The number of carbonyl (C=O) groups is 2. The molecule has 0 aromatic heterocycles. The van der Waals surface area contributed by atoms with E-state index in [-0.39, 0.29) is 30.0 Å². The van der Waals surface area contributed by atoms with Gasteiger partial charge in [-0.25, -0.2) is 0 Å². The van der Waals surface area contributed by atoms with Crippen molar-refractivity contribution < 1.29 is 14.3 Å². The third kappa shape index (κ3) is 2.11. The van der Waals surface area contributed by atoms with E-state index in [1.54, 1.807) is 0 Å². The molecule has 3 aliphatic rings. The number of hydrogen-bond acceptors (Lipinski definition) is 3. The molecular weight excluding hydrogens is 232 g/mol. The Kier molecular flexibility index (Phi) is 3.24. The van der Waals surface area contributed by atoms with Gasteiger partial charge in [-0.1, -0.05) is 0 Å². The number of nitrogens with zero attached hydrogens (tertiary/aromatic N) is 1. The molecule has 3 atom stereocenters. The first-order valence-corrected chi connectivity index (χ1v) is 6.97. The van der Waals surface area contributed by atoms with Crippen molar-refractivity contribution in [2.45, 2.75) is 56.7 Å². The molecule has 3 heterocycles. The molecule has 3 unspecified atom stereocenters. The van der Waals surface area contributed by atoms with Crippen LogP contribution in [0.4, 0.5) is 0 Å². The van der Waals surface area contributed by atoms with Gasteiger partial charge in [0, 0.05) is 19.6 Å². The van der Waals surface area contributed by atoms with Crippen LogP contribution in [0.25, 0.3) is 0 Å². The molecule has 3 fully saturated rings. The fraction of sp³-hybridized carbons (Fsp3) is 0.846. The first-order valence-electron chi connectivity index (χ1n) is 6.97. The Morgan fingerprint density at radius 1 is 1.28 bits per heavy atom. The molecule has 0 spiro atoms. The molecule has 3 saturated heterocycles. The summed E-state index contributed by atoms with van der Waals surface area (Å²) in [6.07, 6.45) is 5.60. The summed E-state index contributed by atoms with van der Waals surface area (Å²) in [5.41, 5.74) is 0. The Morgan fingerprint density at radius 3 is 2.83 bits per heavy atom. The second-order valence-electron chi connectivity index (χ2n) is 5.45. The van der Waals surface area contributed by atoms with Gasteiger partial charge in [-0.2, -0.15) is 0 Å². The maximum Gasteiger partial charge on any atom is 0.245 e. The monoisotopic (exact) mass is 252 g/mol. The first kappa shape index (κ1) is 12.0. The van der Waals surface area contributed by atoms with E-state index in [0.29, 0.717) is 12.8 Å². The van der Waals surface area contributed by atoms with E-state index in [1.807, 2.05) is 4.90 Å². The van der Waals surface area contributed by atoms with Gasteiger partial charge in [-0.05, 0) is 32.1 Å². The van der Waals surface area contributed by atoms with Crippen LogP contribution in [0, 0.1) is 0 Å². The van der Waals surface area contributed by atoms with Crippen LogP contribution in [0.3, 0.4) is 0 Å². The van der Waals surface area contributed by atoms with Crippen LogP contribution in [0.5, 0.6) is 0 Å². The Labute approximate surface area is 107 Å². The number of carbonyl (C=O) groups excluding carboxylic acids is 2. The highest BCUT2D eigenvalue weighted by Gasteiger charge is 2.40. The van der Waals surface area contributed by atoms with E-state index >= 15 is 0 Å². The lowest BCUT2D eigenvalue weighted by Crippen LogP contribution is -2.49. The summed E-state index contributed by atoms with van der Waals surface area (Å²) >= 11 is 0. The summed E-state index contributed by atoms with van der Waals surface area (Å²) in [5, 5.41) is 2.77. The standard InChI is InChI=1S/C13H20N2O3/c16-12-6-5-9(14-12)13(17)15-7-1-3-10(15)11-4-2-8-18-11/h9-11H,1-8H2,(H,14,16). The van der Waals surface area contributed by atoms with Gasteiger partial charge < -0.3 is 15.0 Å². The Balaban J connectivity index is 1.66. The van der Waals surface area contributed by atoms with E-state index < -0.39 is 0 Å². The summed E-state index contributed by atoms with van der Waals surface area (Å²) in [5.74, 6) is 0.0973. The molecule has 2 amide bonds. The fourth-order valence-corrected chi connectivity index (χ4v) is 3.36. The van der Waals surface area contributed by atoms with Gasteiger partial charge >= 0.3 is 0 Å². The molecule has 3 aliphatic heterocycles. The SMILES string of the molecule is O=C1CCC(C(=O)N2CCCC2C2CCCO2)N1. The molecule has 5 heteroatoms. The van der Waals surface area contributed by atoms with Crippen LogP contribution in [0.2, 0.25) is 0 Å². The molecule has 0 radical (unpaired) electrons. The zero-order chi connectivity index (χ0) is 12.5. The minimum absolute atomic E-state index is 0.00112. The number of hydrogen-bond donors (Lipinski definition) is 1. The summed E-state index contributed by atoms with van der Waals surface area (Å²) in [7, 11) is 0. The average molecular weight is 252 g/mol. The van der Waals surface area contributed by atoms with Gasteiger partial charge in [0.1, 0.15) is 6.04 Å². The van der Waals surface area contributed by atoms with E-state index in [9.17, 15) is 9.59 Å². The zero-order valence-corrected chi connectivity index (χ0v) is 10.6. The predicted molar refractivity (Wildman–Crippen MR) is 64.9 cm³/mol. The van der Waals surface area contributed by atoms with Gasteiger partial charge in [0.15, 0.2) is 0 Å². The lowest BCUT2D eigenvalue weighted by molar-refractivity contribution is -0.137. The van der Waals surface area contributed by atoms with Crippen molar-refractivity contribution in [1.29, 1.82) is 0 Å². The smallest absolute Gasteiger partial charge is 0.245 e. The third-order valence-corrected chi connectivity index (χ3v) is 4.27. The number of nitrogens with one attached hydrogen (secondary N) is 1. The van der Waals surface area contributed by atoms with Gasteiger partial charge in [0.2, 0.25) is 11.8 Å². The predicted octanol–water partition coefficient (Wildman–Crippen LogP) is 0.435. The quantitative estimate of drug-likeness (QED) is 0.775. The van der Waals surface area contributed by atoms with Gasteiger partial charge in [0.05, 0.1) is 12.1 Å². The highest BCUT2D eigenvalue weighted by atomic mass is 16.5. The molecule has 100 valence electrons. The van der Waals surface area contributed by atoms with Crippen molar-refractivity contribution >= 4 is 11.8 Å². The van der Waals surface area contributed by atoms with Crippen molar-refractivity contribution in [3.63, 3.8) is 0 Å². The molecule has 0 bridgehead atoms. The molecule has 0 aliphatic carbocycles. The largest absolute Gasteiger partial charge is 0.376 e. The third-order valence-electron chi connectivity index (χ3n) is 4.27. The van der Waals surface area contributed by atoms with Crippen LogP contribution in [-0.2, 0) is 14.3 Å². The van der Waals surface area contributed by atoms with Crippen LogP contribution in [0.15, 0.2) is 0 Å². The van der Waals surface area contributed by atoms with Gasteiger partial charge in [-0.3, -0.25) is 9.59 Å². The summed E-state index contributed by atoms with van der Waals surface area (Å²) in [4.78, 5) is 25.6. The van der Waals surface area contributed by atoms with Crippen molar-refractivity contribution in [3.8, 4) is 0 Å². The molecule has 3 rings (SSSR count). The Bertz CT molecular complexity index is 352. The first-order chi connectivity index (χ1) is 8.75. The maximum atomic E-state index is 12.4. The molecule has 1 N–H and O–H groups in total. The minimum Gasteiger partial charge on any atom is -0.376 e. The highest BCUT2D eigenvalue weighted by Crippen LogP contribution is 2.29. The van der Waals surface area contributed by atoms with Crippen molar-refractivity contribution in [3.05, 3.63) is 0 Å². The normalized spacial score (nSPS) is 36.1. The number of ether oxygens (including phenoxy) is 1. The van der Waals surface area contributed by atoms with E-state index in [0.717, 1.165) is 38.8 Å². The van der Waals surface area contributed by atoms with E-state index in [1.165, 1.54) is 0 Å². The molecule has 0 saturated carbocycles. The van der Waals surface area contributed by atoms with E-state index in [2.05, 4.69) is 5.32 Å². The Hall–Kier alpha value is -1.10. The maximum absolute atomic E-state index is 12.4. The highest BCUT2D eigenvalue weighted by molar-refractivity contribution is 5.91. The second-order valence-corrected chi connectivity index (χ2v) is 5.45. The van der Waals surface area contributed by atoms with Gasteiger partial charge in [0.25, 0.3) is 0 Å². The molecular formula is C13H20N2O3. The number of likely N-dealkylation sites (tertiary alicyclic amines) is 1. The lowest BCUT2D eigenvalue weighted by Gasteiger charge is -2.30. The van der Waals surface area contributed by atoms with Crippen molar-refractivity contribution in [2.24, 2.45) is 0 Å². The zero-order valence-electron chi connectivity index (χ0n) is 10.6. The second kappa shape index (κ2) is 4.88. The summed E-state index contributed by atoms with van der Waals surface area (Å²) < 4.78 is 5.72. The van der Waals surface area contributed by atoms with Crippen molar-refractivity contribution in [1.82, 2.24) is 10.2 Å². The number of rotatable bonds is 2. The molecule has 0 aromatic carbocycles. The average Bonchev–Trinajstić information content (AvgIpc) is 3.08. The van der Waals surface area contributed by atoms with Crippen LogP contribution in [-0.4, -0.2) is 48.1 Å². The summed E-state index contributed by atoms with van der Waals surface area (Å²) in [6, 6.07) is -0.0583. The van der Waals surface area contributed by atoms with Gasteiger partial charge in [-0.15, -0.1) is 0 Å². The summed E-state index contributed by atoms with van der Waals surface area (Å²) in [6.45, 7) is 1.64. The topological polar surface area (TPSA) is 58.6 Å². The Morgan fingerprint density at radius 2 is 2.17 bits per heavy atom. The van der Waals surface area contributed by atoms with Crippen molar-refractivity contribution in [2.75, 3.05) is 13.2 Å². The van der Waals surface area contributed by atoms with E-state index in [4.69, 9.17) is 4.74 Å². The lowest BCUT2D eigenvalue weighted by atomic mass is 10.0. The van der Waals surface area contributed by atoms with Crippen LogP contribution < -0.4 is 5.32 Å². The molecule has 18 heavy (non-hydrogen) atoms.